The van der Waals surface area contributed by atoms with E-state index in [-0.39, 0.29) is 22.8 Å². The molecule has 0 saturated carbocycles. The molecular formula is C25H28N2O6S. The molecule has 2 aromatic rings. The maximum absolute atomic E-state index is 12.2. The fourth-order valence-electron chi connectivity index (χ4n) is 4.00. The predicted molar refractivity (Wildman–Crippen MR) is 125 cm³/mol. The highest BCUT2D eigenvalue weighted by Crippen LogP contribution is 2.36. The van der Waals surface area contributed by atoms with Crippen LogP contribution in [0.2, 0.25) is 0 Å². The molecule has 0 spiro atoms. The second kappa shape index (κ2) is 9.18. The van der Waals surface area contributed by atoms with Gasteiger partial charge in [0.05, 0.1) is 12.2 Å². The molecule has 1 fully saturated rings. The summed E-state index contributed by atoms with van der Waals surface area (Å²) in [6, 6.07) is 12.4. The first-order chi connectivity index (χ1) is 16.1. The van der Waals surface area contributed by atoms with Gasteiger partial charge in [-0.2, -0.15) is 5.26 Å². The molecule has 1 saturated heterocycles. The third kappa shape index (κ3) is 5.28. The molecule has 180 valence electrons. The molecule has 0 atom stereocenters. The second-order valence-corrected chi connectivity index (χ2v) is 11.5. The summed E-state index contributed by atoms with van der Waals surface area (Å²) in [5.74, 6) is 0.759. The summed E-state index contributed by atoms with van der Waals surface area (Å²) < 4.78 is 40.6. The highest BCUT2D eigenvalue weighted by atomic mass is 32.2. The summed E-state index contributed by atoms with van der Waals surface area (Å²) in [7, 11) is -3.38. The average molecular weight is 485 g/mol. The van der Waals surface area contributed by atoms with E-state index in [0.717, 1.165) is 24.0 Å². The van der Waals surface area contributed by atoms with Crippen LogP contribution in [-0.4, -0.2) is 50.6 Å². The van der Waals surface area contributed by atoms with Crippen LogP contribution in [0, 0.1) is 17.2 Å². The highest BCUT2D eigenvalue weighted by molar-refractivity contribution is 7.91. The molecule has 8 nitrogen and oxygen atoms in total. The summed E-state index contributed by atoms with van der Waals surface area (Å²) in [6.45, 7) is 7.25. The minimum absolute atomic E-state index is 0.189. The van der Waals surface area contributed by atoms with E-state index < -0.39 is 15.4 Å². The Bertz CT molecular complexity index is 1240. The van der Waals surface area contributed by atoms with Crippen molar-refractivity contribution in [3.63, 3.8) is 0 Å². The van der Waals surface area contributed by atoms with Crippen LogP contribution < -0.4 is 9.47 Å². The van der Waals surface area contributed by atoms with Gasteiger partial charge in [0.2, 0.25) is 9.84 Å². The van der Waals surface area contributed by atoms with E-state index in [0.29, 0.717) is 36.8 Å². The van der Waals surface area contributed by atoms with Gasteiger partial charge in [-0.1, -0.05) is 12.1 Å². The fraction of sp³-hybridized carbons (Fsp3) is 0.440. The van der Waals surface area contributed by atoms with Gasteiger partial charge in [-0.25, -0.2) is 13.2 Å². The molecule has 0 radical (unpaired) electrons. The number of benzene rings is 2. The van der Waals surface area contributed by atoms with Crippen LogP contribution in [-0.2, 0) is 14.6 Å². The van der Waals surface area contributed by atoms with Crippen molar-refractivity contribution in [1.29, 1.82) is 5.26 Å². The van der Waals surface area contributed by atoms with Crippen LogP contribution in [0.4, 0.5) is 4.79 Å². The Balaban J connectivity index is 1.37. The van der Waals surface area contributed by atoms with E-state index >= 15 is 0 Å². The Kier molecular flexibility index (Phi) is 6.45. The topological polar surface area (TPSA) is 106 Å². The first-order valence-corrected chi connectivity index (χ1v) is 12.9. The van der Waals surface area contributed by atoms with E-state index in [4.69, 9.17) is 14.2 Å². The Labute approximate surface area is 200 Å². The number of sulfone groups is 1. The number of fused-ring (bicyclic) bond motifs is 1. The van der Waals surface area contributed by atoms with Gasteiger partial charge in [0.1, 0.15) is 28.1 Å². The van der Waals surface area contributed by atoms with Gasteiger partial charge in [0.25, 0.3) is 0 Å². The van der Waals surface area contributed by atoms with E-state index in [1.54, 1.807) is 29.2 Å². The maximum atomic E-state index is 12.2. The van der Waals surface area contributed by atoms with Crippen LogP contribution in [0.15, 0.2) is 41.3 Å². The number of nitriles is 1. The molecule has 2 aliphatic rings. The van der Waals surface area contributed by atoms with Crippen LogP contribution in [0.5, 0.6) is 11.5 Å². The lowest BCUT2D eigenvalue weighted by molar-refractivity contribution is 0.0165. The van der Waals surface area contributed by atoms with Crippen molar-refractivity contribution in [3.05, 3.63) is 42.0 Å². The molecular weight excluding hydrogens is 456 g/mol. The third-order valence-corrected chi connectivity index (χ3v) is 7.26. The minimum atomic E-state index is -3.38. The number of carbonyl (C=O) groups is 1. The van der Waals surface area contributed by atoms with Crippen molar-refractivity contribution < 1.29 is 27.4 Å². The van der Waals surface area contributed by atoms with Crippen LogP contribution >= 0.6 is 0 Å². The Morgan fingerprint density at radius 1 is 1.15 bits per heavy atom. The molecule has 0 aromatic heterocycles. The highest BCUT2D eigenvalue weighted by Gasteiger charge is 2.29. The summed E-state index contributed by atoms with van der Waals surface area (Å²) in [5, 5.41) is 9.65. The zero-order valence-electron chi connectivity index (χ0n) is 19.5. The van der Waals surface area contributed by atoms with Crippen molar-refractivity contribution in [2.24, 2.45) is 5.92 Å². The first kappa shape index (κ1) is 23.9. The number of carbonyl (C=O) groups excluding carboxylic acids is 1. The van der Waals surface area contributed by atoms with Gasteiger partial charge >= 0.3 is 6.09 Å². The number of hydrogen-bond donors (Lipinski definition) is 0. The zero-order chi connectivity index (χ0) is 24.5. The van der Waals surface area contributed by atoms with Crippen molar-refractivity contribution in [1.82, 2.24) is 4.90 Å². The predicted octanol–water partition coefficient (Wildman–Crippen LogP) is 4.37. The van der Waals surface area contributed by atoms with Crippen molar-refractivity contribution >= 4 is 15.9 Å². The second-order valence-electron chi connectivity index (χ2n) is 9.58. The van der Waals surface area contributed by atoms with Crippen LogP contribution in [0.3, 0.4) is 0 Å². The number of nitrogens with zero attached hydrogens (tertiary/aromatic N) is 2. The summed E-state index contributed by atoms with van der Waals surface area (Å²) in [6.07, 6.45) is 1.32. The van der Waals surface area contributed by atoms with Gasteiger partial charge in [-0.15, -0.1) is 0 Å². The molecule has 4 rings (SSSR count). The number of amides is 1. The van der Waals surface area contributed by atoms with E-state index in [1.165, 1.54) is 6.07 Å². The van der Waals surface area contributed by atoms with Crippen LogP contribution in [0.1, 0.15) is 39.2 Å². The Morgan fingerprint density at radius 2 is 1.82 bits per heavy atom. The van der Waals surface area contributed by atoms with Gasteiger partial charge < -0.3 is 19.1 Å². The monoisotopic (exact) mass is 484 g/mol. The molecule has 0 aliphatic carbocycles. The number of piperidine rings is 1. The maximum Gasteiger partial charge on any atom is 0.410 e. The van der Waals surface area contributed by atoms with Crippen molar-refractivity contribution in [3.8, 4) is 28.7 Å². The fourth-order valence-corrected chi connectivity index (χ4v) is 5.11. The Morgan fingerprint density at radius 3 is 2.50 bits per heavy atom. The largest absolute Gasteiger partial charge is 0.492 e. The lowest BCUT2D eigenvalue weighted by Crippen LogP contribution is -2.42. The number of hydrogen-bond acceptors (Lipinski definition) is 7. The first-order valence-electron chi connectivity index (χ1n) is 11.2. The summed E-state index contributed by atoms with van der Waals surface area (Å²) >= 11 is 0. The van der Waals surface area contributed by atoms with Crippen molar-refractivity contribution in [2.45, 2.75) is 44.1 Å². The van der Waals surface area contributed by atoms with E-state index in [9.17, 15) is 18.5 Å². The third-order valence-electron chi connectivity index (χ3n) is 5.82. The number of ether oxygens (including phenoxy) is 3. The molecule has 2 aromatic carbocycles. The molecule has 0 unspecified atom stereocenters. The van der Waals surface area contributed by atoms with E-state index in [1.807, 2.05) is 26.8 Å². The van der Waals surface area contributed by atoms with Gasteiger partial charge in [0, 0.05) is 13.1 Å². The SMILES string of the molecule is CC(C)(C)OC(=O)N1CCC(COc2ccc(-c3ccc4c(c3)OCS4(=O)=O)cc2C#N)CC1. The van der Waals surface area contributed by atoms with Gasteiger partial charge in [0.15, 0.2) is 5.94 Å². The summed E-state index contributed by atoms with van der Waals surface area (Å²) in [5.41, 5.74) is 1.41. The quantitative estimate of drug-likeness (QED) is 0.634. The normalized spacial score (nSPS) is 17.4. The minimum Gasteiger partial charge on any atom is -0.492 e. The lowest BCUT2D eigenvalue weighted by atomic mass is 9.98. The number of likely N-dealkylation sites (tertiary alicyclic amines) is 1. The molecule has 2 aliphatic heterocycles. The van der Waals surface area contributed by atoms with Gasteiger partial charge in [-0.3, -0.25) is 0 Å². The molecule has 0 bridgehead atoms. The van der Waals surface area contributed by atoms with Crippen LogP contribution in [0.25, 0.3) is 11.1 Å². The standard InChI is InChI=1S/C25H28N2O6S/c1-25(2,3)33-24(28)27-10-8-17(9-11-27)15-31-21-6-4-18(12-20(21)14-26)19-5-7-23-22(13-19)32-16-34(23,29)30/h4-7,12-13,17H,8-11,15-16H2,1-3H3. The Hall–Kier alpha value is -3.25. The number of rotatable bonds is 4. The smallest absolute Gasteiger partial charge is 0.410 e. The zero-order valence-corrected chi connectivity index (χ0v) is 20.4. The van der Waals surface area contributed by atoms with E-state index in [2.05, 4.69) is 6.07 Å². The summed E-state index contributed by atoms with van der Waals surface area (Å²) in [4.78, 5) is 14.1. The molecule has 0 N–H and O–H groups in total. The molecule has 2 heterocycles. The molecule has 9 heteroatoms. The average Bonchev–Trinajstić information content (AvgIpc) is 3.10. The molecule has 34 heavy (non-hydrogen) atoms. The van der Waals surface area contributed by atoms with Crippen molar-refractivity contribution in [2.75, 3.05) is 25.6 Å². The lowest BCUT2D eigenvalue weighted by Gasteiger charge is -2.33. The van der Waals surface area contributed by atoms with Gasteiger partial charge in [-0.05, 0) is 74.9 Å². The molecule has 1 amide bonds.